The normalized spacial score (nSPS) is 30.0. The van der Waals surface area contributed by atoms with Crippen LogP contribution in [-0.2, 0) is 0 Å². The van der Waals surface area contributed by atoms with Crippen molar-refractivity contribution in [2.45, 2.75) is 38.1 Å². The topological polar surface area (TPSA) is 63.8 Å². The number of hydrogen-bond acceptors (Lipinski definition) is 4. The smallest absolute Gasteiger partial charge is 0.144 e. The van der Waals surface area contributed by atoms with Crippen molar-refractivity contribution in [3.05, 3.63) is 18.6 Å². The second kappa shape index (κ2) is 4.78. The van der Waals surface area contributed by atoms with Crippen LogP contribution in [0.15, 0.2) is 18.6 Å². The minimum atomic E-state index is 0.0215. The molecule has 0 aliphatic heterocycles. The molecule has 0 aromatic carbocycles. The number of nitrogens with one attached hydrogen (secondary N) is 1. The molecule has 16 heavy (non-hydrogen) atoms. The van der Waals surface area contributed by atoms with E-state index in [0.717, 1.165) is 24.6 Å². The van der Waals surface area contributed by atoms with Gasteiger partial charge in [-0.3, -0.25) is 4.98 Å². The van der Waals surface area contributed by atoms with Gasteiger partial charge in [-0.2, -0.15) is 0 Å². The van der Waals surface area contributed by atoms with Crippen molar-refractivity contribution in [3.63, 3.8) is 0 Å². The third-order valence-electron chi connectivity index (χ3n) is 3.44. The molecule has 0 spiro atoms. The van der Waals surface area contributed by atoms with Gasteiger partial charge in [-0.1, -0.05) is 19.8 Å². The first-order valence-corrected chi connectivity index (χ1v) is 5.98. The van der Waals surface area contributed by atoms with Crippen LogP contribution in [0.2, 0.25) is 0 Å². The van der Waals surface area contributed by atoms with Crippen molar-refractivity contribution in [2.24, 2.45) is 11.7 Å². The predicted molar refractivity (Wildman–Crippen MR) is 65.1 cm³/mol. The molecule has 1 saturated carbocycles. The van der Waals surface area contributed by atoms with Crippen LogP contribution < -0.4 is 11.1 Å². The average Bonchev–Trinajstić information content (AvgIpc) is 2.30. The molecule has 3 N–H and O–H groups in total. The summed E-state index contributed by atoms with van der Waals surface area (Å²) in [5.74, 6) is 1.57. The number of anilines is 1. The molecule has 0 radical (unpaired) electrons. The lowest BCUT2D eigenvalue weighted by atomic mass is 9.76. The van der Waals surface area contributed by atoms with E-state index >= 15 is 0 Å². The summed E-state index contributed by atoms with van der Waals surface area (Å²) in [4.78, 5) is 8.33. The van der Waals surface area contributed by atoms with E-state index in [1.165, 1.54) is 12.8 Å². The van der Waals surface area contributed by atoms with Crippen LogP contribution in [0, 0.1) is 5.92 Å². The predicted octanol–water partition coefficient (Wildman–Crippen LogP) is 1.80. The maximum absolute atomic E-state index is 5.94. The molecule has 2 atom stereocenters. The molecule has 4 nitrogen and oxygen atoms in total. The molecule has 1 aromatic heterocycles. The van der Waals surface area contributed by atoms with E-state index in [1.807, 2.05) is 0 Å². The van der Waals surface area contributed by atoms with Crippen LogP contribution in [-0.4, -0.2) is 22.1 Å². The summed E-state index contributed by atoms with van der Waals surface area (Å²) in [6.45, 7) is 2.95. The fraction of sp³-hybridized carbons (Fsp3) is 0.667. The Labute approximate surface area is 96.7 Å². The minimum absolute atomic E-state index is 0.0215. The van der Waals surface area contributed by atoms with Crippen molar-refractivity contribution in [1.29, 1.82) is 0 Å². The van der Waals surface area contributed by atoms with Gasteiger partial charge in [0.2, 0.25) is 0 Å². The molecule has 88 valence electrons. The van der Waals surface area contributed by atoms with Gasteiger partial charge >= 0.3 is 0 Å². The van der Waals surface area contributed by atoms with E-state index in [-0.39, 0.29) is 5.54 Å². The Morgan fingerprint density at radius 1 is 1.56 bits per heavy atom. The third kappa shape index (κ3) is 2.50. The van der Waals surface area contributed by atoms with Crippen LogP contribution >= 0.6 is 0 Å². The van der Waals surface area contributed by atoms with E-state index in [4.69, 9.17) is 5.73 Å². The first-order chi connectivity index (χ1) is 7.74. The number of nitrogens with two attached hydrogens (primary N) is 1. The summed E-state index contributed by atoms with van der Waals surface area (Å²) in [5.41, 5.74) is 5.96. The first kappa shape index (κ1) is 11.3. The Morgan fingerprint density at radius 2 is 2.44 bits per heavy atom. The van der Waals surface area contributed by atoms with Gasteiger partial charge in [-0.25, -0.2) is 4.98 Å². The highest BCUT2D eigenvalue weighted by molar-refractivity contribution is 5.35. The Kier molecular flexibility index (Phi) is 3.39. The Morgan fingerprint density at radius 3 is 3.06 bits per heavy atom. The van der Waals surface area contributed by atoms with Gasteiger partial charge in [0.25, 0.3) is 0 Å². The van der Waals surface area contributed by atoms with Gasteiger partial charge in [0.1, 0.15) is 5.82 Å². The first-order valence-electron chi connectivity index (χ1n) is 5.98. The lowest BCUT2D eigenvalue weighted by Crippen LogP contribution is -2.48. The maximum atomic E-state index is 5.94. The minimum Gasteiger partial charge on any atom is -0.362 e. The summed E-state index contributed by atoms with van der Waals surface area (Å²) in [6, 6.07) is 0. The zero-order chi connectivity index (χ0) is 11.4. The fourth-order valence-electron chi connectivity index (χ4n) is 2.65. The standard InChI is InChI=1S/C12H20N4/c1-10-3-2-4-12(7-10,9-13)16-11-8-14-5-6-15-11/h5-6,8,10H,2-4,7,9,13H2,1H3,(H,15,16). The lowest BCUT2D eigenvalue weighted by molar-refractivity contribution is 0.263. The van der Waals surface area contributed by atoms with E-state index in [1.54, 1.807) is 18.6 Å². The molecule has 2 unspecified atom stereocenters. The lowest BCUT2D eigenvalue weighted by Gasteiger charge is -2.40. The summed E-state index contributed by atoms with van der Waals surface area (Å²) < 4.78 is 0. The maximum Gasteiger partial charge on any atom is 0.144 e. The summed E-state index contributed by atoms with van der Waals surface area (Å²) >= 11 is 0. The van der Waals surface area contributed by atoms with Gasteiger partial charge in [-0.15, -0.1) is 0 Å². The average molecular weight is 220 g/mol. The van der Waals surface area contributed by atoms with Crippen LogP contribution in [0.3, 0.4) is 0 Å². The molecule has 1 heterocycles. The van der Waals surface area contributed by atoms with Crippen LogP contribution in [0.4, 0.5) is 5.82 Å². The van der Waals surface area contributed by atoms with E-state index in [2.05, 4.69) is 22.2 Å². The van der Waals surface area contributed by atoms with Crippen molar-refractivity contribution in [3.8, 4) is 0 Å². The zero-order valence-electron chi connectivity index (χ0n) is 9.82. The highest BCUT2D eigenvalue weighted by atomic mass is 15.1. The second-order valence-electron chi connectivity index (χ2n) is 4.90. The van der Waals surface area contributed by atoms with E-state index in [9.17, 15) is 0 Å². The molecule has 4 heteroatoms. The highest BCUT2D eigenvalue weighted by Gasteiger charge is 2.33. The number of nitrogens with zero attached hydrogens (tertiary/aromatic N) is 2. The summed E-state index contributed by atoms with van der Waals surface area (Å²) in [6.07, 6.45) is 9.96. The second-order valence-corrected chi connectivity index (χ2v) is 4.90. The van der Waals surface area contributed by atoms with Crippen molar-refractivity contribution in [2.75, 3.05) is 11.9 Å². The largest absolute Gasteiger partial charge is 0.362 e. The molecular weight excluding hydrogens is 200 g/mol. The highest BCUT2D eigenvalue weighted by Crippen LogP contribution is 2.33. The molecule has 1 aliphatic carbocycles. The van der Waals surface area contributed by atoms with Crippen molar-refractivity contribution < 1.29 is 0 Å². The Bertz CT molecular complexity index is 327. The van der Waals surface area contributed by atoms with Crippen LogP contribution in [0.5, 0.6) is 0 Å². The molecule has 0 saturated heterocycles. The molecule has 1 fully saturated rings. The van der Waals surface area contributed by atoms with E-state index < -0.39 is 0 Å². The molecule has 1 aliphatic rings. The third-order valence-corrected chi connectivity index (χ3v) is 3.44. The van der Waals surface area contributed by atoms with Gasteiger partial charge in [0, 0.05) is 18.9 Å². The monoisotopic (exact) mass is 220 g/mol. The molecule has 0 amide bonds. The van der Waals surface area contributed by atoms with E-state index in [0.29, 0.717) is 6.54 Å². The van der Waals surface area contributed by atoms with Crippen LogP contribution in [0.25, 0.3) is 0 Å². The number of hydrogen-bond donors (Lipinski definition) is 2. The summed E-state index contributed by atoms with van der Waals surface area (Å²) in [5, 5.41) is 3.48. The van der Waals surface area contributed by atoms with Crippen molar-refractivity contribution in [1.82, 2.24) is 9.97 Å². The Balaban J connectivity index is 2.10. The SMILES string of the molecule is CC1CCCC(CN)(Nc2cnccn2)C1. The zero-order valence-corrected chi connectivity index (χ0v) is 9.82. The van der Waals surface area contributed by atoms with Crippen LogP contribution in [0.1, 0.15) is 32.6 Å². The molecule has 0 bridgehead atoms. The van der Waals surface area contributed by atoms with Gasteiger partial charge in [-0.05, 0) is 18.8 Å². The quantitative estimate of drug-likeness (QED) is 0.815. The van der Waals surface area contributed by atoms with Gasteiger partial charge in [0.15, 0.2) is 0 Å². The van der Waals surface area contributed by atoms with Crippen molar-refractivity contribution >= 4 is 5.82 Å². The molecule has 1 aromatic rings. The van der Waals surface area contributed by atoms with Gasteiger partial charge < -0.3 is 11.1 Å². The summed E-state index contributed by atoms with van der Waals surface area (Å²) in [7, 11) is 0. The Hall–Kier alpha value is -1.16. The fourth-order valence-corrected chi connectivity index (χ4v) is 2.65. The molecule has 2 rings (SSSR count). The number of aromatic nitrogens is 2. The number of rotatable bonds is 3. The molecular formula is C12H20N4. The van der Waals surface area contributed by atoms with Gasteiger partial charge in [0.05, 0.1) is 11.7 Å².